The Morgan fingerprint density at radius 1 is 1.40 bits per heavy atom. The molecule has 0 spiro atoms. The molecule has 2 aromatic rings. The zero-order chi connectivity index (χ0) is 14.7. The average Bonchev–Trinajstić information content (AvgIpc) is 2.81. The SMILES string of the molecule is Cn1cc(/C=C(\C#N)C(=O)c2c(Cl)cccc2Cl)cn1. The van der Waals surface area contributed by atoms with Gasteiger partial charge in [-0.2, -0.15) is 10.4 Å². The Kier molecular flexibility index (Phi) is 4.23. The Morgan fingerprint density at radius 2 is 2.05 bits per heavy atom. The second-order valence-electron chi connectivity index (χ2n) is 4.04. The number of nitriles is 1. The maximum atomic E-state index is 12.3. The minimum atomic E-state index is -0.507. The third-order valence-corrected chi connectivity index (χ3v) is 3.22. The van der Waals surface area contributed by atoms with Gasteiger partial charge >= 0.3 is 0 Å². The van der Waals surface area contributed by atoms with Gasteiger partial charge in [-0.05, 0) is 18.2 Å². The molecule has 0 aliphatic heterocycles. The van der Waals surface area contributed by atoms with E-state index in [0.717, 1.165) is 0 Å². The van der Waals surface area contributed by atoms with E-state index in [1.165, 1.54) is 6.08 Å². The second kappa shape index (κ2) is 5.91. The van der Waals surface area contributed by atoms with Crippen LogP contribution in [0.5, 0.6) is 0 Å². The molecule has 0 fully saturated rings. The van der Waals surface area contributed by atoms with Gasteiger partial charge in [0.15, 0.2) is 0 Å². The average molecular weight is 306 g/mol. The first-order valence-corrected chi connectivity index (χ1v) is 6.37. The fourth-order valence-electron chi connectivity index (χ4n) is 1.68. The monoisotopic (exact) mass is 305 g/mol. The van der Waals surface area contributed by atoms with Gasteiger partial charge in [-0.3, -0.25) is 9.48 Å². The van der Waals surface area contributed by atoms with Crippen molar-refractivity contribution in [3.63, 3.8) is 0 Å². The highest BCUT2D eigenvalue weighted by atomic mass is 35.5. The van der Waals surface area contributed by atoms with Crippen LogP contribution in [0, 0.1) is 11.3 Å². The van der Waals surface area contributed by atoms with Crippen molar-refractivity contribution in [2.45, 2.75) is 0 Å². The van der Waals surface area contributed by atoms with Gasteiger partial charge in [-0.25, -0.2) is 0 Å². The Balaban J connectivity index is 2.45. The number of Topliss-reactive ketones (excluding diaryl/α,β-unsaturated/α-hetero) is 1. The topological polar surface area (TPSA) is 58.7 Å². The van der Waals surface area contributed by atoms with Crippen LogP contribution in [0.15, 0.2) is 36.2 Å². The molecule has 1 heterocycles. The summed E-state index contributed by atoms with van der Waals surface area (Å²) in [6.07, 6.45) is 4.70. The fraction of sp³-hybridized carbons (Fsp3) is 0.0714. The summed E-state index contributed by atoms with van der Waals surface area (Å²) in [7, 11) is 1.75. The molecule has 2 rings (SSSR count). The normalized spacial score (nSPS) is 11.2. The van der Waals surface area contributed by atoms with Gasteiger partial charge in [-0.15, -0.1) is 0 Å². The van der Waals surface area contributed by atoms with Gasteiger partial charge in [0, 0.05) is 18.8 Å². The predicted molar refractivity (Wildman–Crippen MR) is 77.6 cm³/mol. The van der Waals surface area contributed by atoms with Crippen molar-refractivity contribution in [1.82, 2.24) is 9.78 Å². The van der Waals surface area contributed by atoms with Gasteiger partial charge in [0.1, 0.15) is 11.6 Å². The summed E-state index contributed by atoms with van der Waals surface area (Å²) in [6.45, 7) is 0. The third kappa shape index (κ3) is 2.90. The quantitative estimate of drug-likeness (QED) is 0.495. The summed E-state index contributed by atoms with van der Waals surface area (Å²) in [5.41, 5.74) is 0.737. The maximum absolute atomic E-state index is 12.3. The smallest absolute Gasteiger partial charge is 0.206 e. The molecular formula is C14H9Cl2N3O. The number of carbonyl (C=O) groups excluding carboxylic acids is 1. The summed E-state index contributed by atoms with van der Waals surface area (Å²) >= 11 is 11.9. The van der Waals surface area contributed by atoms with Crippen LogP contribution in [-0.2, 0) is 7.05 Å². The number of benzene rings is 1. The molecule has 0 aliphatic carbocycles. The van der Waals surface area contributed by atoms with E-state index >= 15 is 0 Å². The molecule has 6 heteroatoms. The highest BCUT2D eigenvalue weighted by molar-refractivity contribution is 6.41. The largest absolute Gasteiger partial charge is 0.288 e. The van der Waals surface area contributed by atoms with E-state index in [9.17, 15) is 4.79 Å². The van der Waals surface area contributed by atoms with E-state index in [4.69, 9.17) is 28.5 Å². The molecule has 0 atom stereocenters. The van der Waals surface area contributed by atoms with Crippen molar-refractivity contribution in [2.75, 3.05) is 0 Å². The number of allylic oxidation sites excluding steroid dienone is 1. The molecule has 0 radical (unpaired) electrons. The van der Waals surface area contributed by atoms with E-state index in [0.29, 0.717) is 5.56 Å². The van der Waals surface area contributed by atoms with Crippen molar-refractivity contribution in [3.8, 4) is 6.07 Å². The number of hydrogen-bond acceptors (Lipinski definition) is 3. The number of halogens is 2. The zero-order valence-electron chi connectivity index (χ0n) is 10.5. The van der Waals surface area contributed by atoms with Crippen molar-refractivity contribution in [3.05, 3.63) is 57.3 Å². The van der Waals surface area contributed by atoms with E-state index in [2.05, 4.69) is 5.10 Å². The first-order chi connectivity index (χ1) is 9.52. The first kappa shape index (κ1) is 14.3. The molecule has 1 aromatic heterocycles. The number of rotatable bonds is 3. The molecule has 0 aliphatic rings. The summed E-state index contributed by atoms with van der Waals surface area (Å²) in [5.74, 6) is -0.507. The molecule has 100 valence electrons. The van der Waals surface area contributed by atoms with Crippen LogP contribution >= 0.6 is 23.2 Å². The number of ketones is 1. The van der Waals surface area contributed by atoms with Crippen LogP contribution in [-0.4, -0.2) is 15.6 Å². The summed E-state index contributed by atoms with van der Waals surface area (Å²) < 4.78 is 1.58. The highest BCUT2D eigenvalue weighted by Gasteiger charge is 2.18. The molecule has 1 aromatic carbocycles. The molecule has 0 bridgehead atoms. The molecule has 20 heavy (non-hydrogen) atoms. The van der Waals surface area contributed by atoms with E-state index in [1.54, 1.807) is 42.3 Å². The molecule has 0 unspecified atom stereocenters. The fourth-order valence-corrected chi connectivity index (χ4v) is 2.25. The van der Waals surface area contributed by atoms with Gasteiger partial charge in [-0.1, -0.05) is 29.3 Å². The van der Waals surface area contributed by atoms with Crippen molar-refractivity contribution in [2.24, 2.45) is 7.05 Å². The van der Waals surface area contributed by atoms with Crippen LogP contribution in [0.2, 0.25) is 10.0 Å². The number of carbonyl (C=O) groups is 1. The predicted octanol–water partition coefficient (Wildman–Crippen LogP) is 3.52. The Bertz CT molecular complexity index is 721. The van der Waals surface area contributed by atoms with Gasteiger partial charge < -0.3 is 0 Å². The number of aryl methyl sites for hydroxylation is 1. The molecule has 0 N–H and O–H groups in total. The second-order valence-corrected chi connectivity index (χ2v) is 4.86. The zero-order valence-corrected chi connectivity index (χ0v) is 12.0. The minimum absolute atomic E-state index is 0.0481. The summed E-state index contributed by atoms with van der Waals surface area (Å²) in [4.78, 5) is 12.3. The molecule has 0 saturated heterocycles. The third-order valence-electron chi connectivity index (χ3n) is 2.59. The molecule has 0 saturated carbocycles. The lowest BCUT2D eigenvalue weighted by Crippen LogP contribution is -2.03. The lowest BCUT2D eigenvalue weighted by Gasteiger charge is -2.04. The van der Waals surface area contributed by atoms with Crippen molar-refractivity contribution < 1.29 is 4.79 Å². The molecule has 0 amide bonds. The van der Waals surface area contributed by atoms with Crippen LogP contribution in [0.4, 0.5) is 0 Å². The molecular weight excluding hydrogens is 297 g/mol. The van der Waals surface area contributed by atoms with Crippen LogP contribution in [0.1, 0.15) is 15.9 Å². The Labute approximate surface area is 125 Å². The first-order valence-electron chi connectivity index (χ1n) is 5.62. The van der Waals surface area contributed by atoms with Crippen LogP contribution in [0.3, 0.4) is 0 Å². The van der Waals surface area contributed by atoms with Gasteiger partial charge in [0.05, 0.1) is 21.8 Å². The lowest BCUT2D eigenvalue weighted by molar-refractivity contribution is 0.104. The summed E-state index contributed by atoms with van der Waals surface area (Å²) in [5, 5.41) is 13.6. The lowest BCUT2D eigenvalue weighted by atomic mass is 10.0. The summed E-state index contributed by atoms with van der Waals surface area (Å²) in [6, 6.07) is 6.62. The van der Waals surface area contributed by atoms with E-state index < -0.39 is 5.78 Å². The van der Waals surface area contributed by atoms with Gasteiger partial charge in [0.25, 0.3) is 0 Å². The van der Waals surface area contributed by atoms with Gasteiger partial charge in [0.2, 0.25) is 5.78 Å². The minimum Gasteiger partial charge on any atom is -0.288 e. The van der Waals surface area contributed by atoms with Crippen LogP contribution in [0.25, 0.3) is 6.08 Å². The number of aromatic nitrogens is 2. The highest BCUT2D eigenvalue weighted by Crippen LogP contribution is 2.27. The van der Waals surface area contributed by atoms with Crippen molar-refractivity contribution in [1.29, 1.82) is 5.26 Å². The molecule has 4 nitrogen and oxygen atoms in total. The van der Waals surface area contributed by atoms with Crippen molar-refractivity contribution >= 4 is 35.1 Å². The van der Waals surface area contributed by atoms with E-state index in [1.807, 2.05) is 6.07 Å². The standard InChI is InChI=1S/C14H9Cl2N3O/c1-19-8-9(7-18-19)5-10(6-17)14(20)13-11(15)3-2-4-12(13)16/h2-5,7-8H,1H3/b10-5+. The number of nitrogens with zero attached hydrogens (tertiary/aromatic N) is 3. The maximum Gasteiger partial charge on any atom is 0.206 e. The number of hydrogen-bond donors (Lipinski definition) is 0. The Morgan fingerprint density at radius 3 is 2.55 bits per heavy atom. The van der Waals surface area contributed by atoms with E-state index in [-0.39, 0.29) is 21.2 Å². The Hall–Kier alpha value is -2.09. The van der Waals surface area contributed by atoms with Crippen LogP contribution < -0.4 is 0 Å².